The lowest BCUT2D eigenvalue weighted by Crippen LogP contribution is -2.48. The lowest BCUT2D eigenvalue weighted by atomic mass is 10.0. The first kappa shape index (κ1) is 23.5. The van der Waals surface area contributed by atoms with Crippen molar-refractivity contribution >= 4 is 23.6 Å². The zero-order valence-electron chi connectivity index (χ0n) is 17.1. The SMILES string of the molecule is CCOC(=O)CNC(=O)C(=O)C1CCCCOCCOCc2ccccc2C(=O)N1. The van der Waals surface area contributed by atoms with Gasteiger partial charge in [-0.2, -0.15) is 0 Å². The molecule has 0 radical (unpaired) electrons. The second-order valence-corrected chi connectivity index (χ2v) is 6.70. The smallest absolute Gasteiger partial charge is 0.325 e. The Hall–Kier alpha value is -2.78. The number of esters is 1. The first-order valence-electron chi connectivity index (χ1n) is 10.0. The Morgan fingerprint density at radius 2 is 1.90 bits per heavy atom. The number of nitrogens with one attached hydrogen (secondary N) is 2. The van der Waals surface area contributed by atoms with Crippen LogP contribution in [-0.4, -0.2) is 62.6 Å². The van der Waals surface area contributed by atoms with Crippen LogP contribution in [0.1, 0.15) is 42.1 Å². The number of rotatable bonds is 5. The van der Waals surface area contributed by atoms with Crippen molar-refractivity contribution in [1.29, 1.82) is 0 Å². The molecule has 0 spiro atoms. The van der Waals surface area contributed by atoms with E-state index >= 15 is 0 Å². The van der Waals surface area contributed by atoms with Crippen molar-refractivity contribution in [1.82, 2.24) is 10.6 Å². The fourth-order valence-electron chi connectivity index (χ4n) is 2.94. The van der Waals surface area contributed by atoms with Gasteiger partial charge in [0.25, 0.3) is 11.8 Å². The third-order valence-electron chi connectivity index (χ3n) is 4.47. The zero-order valence-corrected chi connectivity index (χ0v) is 17.1. The standard InChI is InChI=1S/C21H28N2O7/c1-2-30-18(24)13-22-21(27)19(25)17-9-5-6-10-28-11-12-29-14-15-7-3-4-8-16(15)20(26)23-17/h3-4,7-8,17H,2,5-6,9-14H2,1H3,(H,22,27)(H,23,26). The van der Waals surface area contributed by atoms with Crippen LogP contribution in [0.25, 0.3) is 0 Å². The van der Waals surface area contributed by atoms with E-state index in [1.807, 2.05) is 0 Å². The highest BCUT2D eigenvalue weighted by molar-refractivity contribution is 6.38. The number of hydrogen-bond donors (Lipinski definition) is 2. The quantitative estimate of drug-likeness (QED) is 0.533. The lowest BCUT2D eigenvalue weighted by Gasteiger charge is -2.19. The molecule has 0 saturated carbocycles. The summed E-state index contributed by atoms with van der Waals surface area (Å²) >= 11 is 0. The Bertz CT molecular complexity index is 751. The van der Waals surface area contributed by atoms with E-state index in [0.717, 1.165) is 0 Å². The van der Waals surface area contributed by atoms with Gasteiger partial charge >= 0.3 is 5.97 Å². The van der Waals surface area contributed by atoms with Crippen LogP contribution in [0.15, 0.2) is 24.3 Å². The second kappa shape index (κ2) is 12.7. The summed E-state index contributed by atoms with van der Waals surface area (Å²) in [6, 6.07) is 5.90. The molecule has 2 amide bonds. The molecule has 30 heavy (non-hydrogen) atoms. The van der Waals surface area contributed by atoms with Crippen LogP contribution < -0.4 is 10.6 Å². The summed E-state index contributed by atoms with van der Waals surface area (Å²) in [6.07, 6.45) is 1.52. The maximum absolute atomic E-state index is 12.8. The third-order valence-corrected chi connectivity index (χ3v) is 4.47. The Morgan fingerprint density at radius 3 is 2.70 bits per heavy atom. The average Bonchev–Trinajstić information content (AvgIpc) is 2.74. The van der Waals surface area contributed by atoms with Gasteiger partial charge in [0.05, 0.1) is 32.5 Å². The summed E-state index contributed by atoms with van der Waals surface area (Å²) in [6.45, 7) is 2.97. The van der Waals surface area contributed by atoms with E-state index < -0.39 is 36.2 Å². The van der Waals surface area contributed by atoms with Crippen LogP contribution in [-0.2, 0) is 35.2 Å². The molecule has 0 aromatic heterocycles. The zero-order chi connectivity index (χ0) is 21.8. The second-order valence-electron chi connectivity index (χ2n) is 6.70. The minimum atomic E-state index is -1.02. The van der Waals surface area contributed by atoms with Crippen LogP contribution in [0.3, 0.4) is 0 Å². The molecule has 9 heteroatoms. The highest BCUT2D eigenvalue weighted by Crippen LogP contribution is 2.12. The molecule has 0 fully saturated rings. The van der Waals surface area contributed by atoms with Crippen molar-refractivity contribution in [2.75, 3.05) is 33.0 Å². The van der Waals surface area contributed by atoms with Gasteiger partial charge in [-0.15, -0.1) is 0 Å². The summed E-state index contributed by atoms with van der Waals surface area (Å²) in [7, 11) is 0. The number of benzene rings is 1. The topological polar surface area (TPSA) is 120 Å². The van der Waals surface area contributed by atoms with E-state index in [0.29, 0.717) is 43.8 Å². The Morgan fingerprint density at radius 1 is 1.13 bits per heavy atom. The molecule has 1 aliphatic rings. The van der Waals surface area contributed by atoms with E-state index in [9.17, 15) is 19.2 Å². The lowest BCUT2D eigenvalue weighted by molar-refractivity contribution is -0.145. The largest absolute Gasteiger partial charge is 0.465 e. The van der Waals surface area contributed by atoms with Crippen molar-refractivity contribution in [3.8, 4) is 0 Å². The normalized spacial score (nSPS) is 18.3. The van der Waals surface area contributed by atoms with Crippen LogP contribution in [0.5, 0.6) is 0 Å². The van der Waals surface area contributed by atoms with E-state index in [-0.39, 0.29) is 19.6 Å². The van der Waals surface area contributed by atoms with Gasteiger partial charge in [-0.1, -0.05) is 18.2 Å². The summed E-state index contributed by atoms with van der Waals surface area (Å²) in [5, 5.41) is 4.90. The van der Waals surface area contributed by atoms with Gasteiger partial charge in [-0.05, 0) is 37.8 Å². The predicted molar refractivity (Wildman–Crippen MR) is 107 cm³/mol. The summed E-state index contributed by atoms with van der Waals surface area (Å²) < 4.78 is 15.8. The molecule has 1 aromatic carbocycles. The number of ether oxygens (including phenoxy) is 3. The molecule has 1 unspecified atom stereocenters. The molecule has 0 bridgehead atoms. The molecule has 2 rings (SSSR count). The van der Waals surface area contributed by atoms with E-state index in [4.69, 9.17) is 14.2 Å². The van der Waals surface area contributed by atoms with Gasteiger partial charge < -0.3 is 24.8 Å². The predicted octanol–water partition coefficient (Wildman–Crippen LogP) is 0.751. The molecule has 0 aliphatic carbocycles. The average molecular weight is 420 g/mol. The first-order chi connectivity index (χ1) is 14.5. The monoisotopic (exact) mass is 420 g/mol. The molecule has 9 nitrogen and oxygen atoms in total. The number of fused-ring (bicyclic) bond motifs is 1. The van der Waals surface area contributed by atoms with Gasteiger partial charge in [-0.3, -0.25) is 19.2 Å². The molecular formula is C21H28N2O7. The number of carbonyl (C=O) groups is 4. The fourth-order valence-corrected chi connectivity index (χ4v) is 2.94. The number of Topliss-reactive ketones (excluding diaryl/α,β-unsaturated/α-hetero) is 1. The van der Waals surface area contributed by atoms with Gasteiger partial charge in [0, 0.05) is 12.2 Å². The molecular weight excluding hydrogens is 392 g/mol. The summed E-state index contributed by atoms with van der Waals surface area (Å²) in [5.74, 6) is -2.85. The van der Waals surface area contributed by atoms with Gasteiger partial charge in [-0.25, -0.2) is 0 Å². The highest BCUT2D eigenvalue weighted by atomic mass is 16.5. The van der Waals surface area contributed by atoms with Crippen LogP contribution in [0.2, 0.25) is 0 Å². The highest BCUT2D eigenvalue weighted by Gasteiger charge is 2.28. The van der Waals surface area contributed by atoms with Crippen molar-refractivity contribution < 1.29 is 33.4 Å². The number of amides is 2. The molecule has 1 atom stereocenters. The maximum Gasteiger partial charge on any atom is 0.325 e. The molecule has 0 saturated heterocycles. The van der Waals surface area contributed by atoms with Crippen LogP contribution in [0, 0.1) is 0 Å². The Kier molecular flexibility index (Phi) is 9.96. The van der Waals surface area contributed by atoms with Gasteiger partial charge in [0.2, 0.25) is 5.78 Å². The van der Waals surface area contributed by atoms with E-state index in [2.05, 4.69) is 10.6 Å². The first-order valence-corrected chi connectivity index (χ1v) is 10.0. The van der Waals surface area contributed by atoms with Crippen LogP contribution in [0.4, 0.5) is 0 Å². The molecule has 1 aliphatic heterocycles. The number of ketones is 1. The minimum absolute atomic E-state index is 0.173. The summed E-state index contributed by atoms with van der Waals surface area (Å²) in [4.78, 5) is 49.1. The van der Waals surface area contributed by atoms with E-state index in [1.165, 1.54) is 0 Å². The van der Waals surface area contributed by atoms with Crippen LogP contribution >= 0.6 is 0 Å². The van der Waals surface area contributed by atoms with E-state index in [1.54, 1.807) is 31.2 Å². The minimum Gasteiger partial charge on any atom is -0.465 e. The fraction of sp³-hybridized carbons (Fsp3) is 0.524. The van der Waals surface area contributed by atoms with Gasteiger partial charge in [0.1, 0.15) is 6.54 Å². The van der Waals surface area contributed by atoms with Crippen molar-refractivity contribution in [2.24, 2.45) is 0 Å². The van der Waals surface area contributed by atoms with Crippen molar-refractivity contribution in [3.05, 3.63) is 35.4 Å². The molecule has 2 N–H and O–H groups in total. The Labute approximate surface area is 175 Å². The maximum atomic E-state index is 12.8. The number of hydrogen-bond acceptors (Lipinski definition) is 7. The summed E-state index contributed by atoms with van der Waals surface area (Å²) in [5.41, 5.74) is 1.05. The van der Waals surface area contributed by atoms with Gasteiger partial charge in [0.15, 0.2) is 0 Å². The van der Waals surface area contributed by atoms with Crippen molar-refractivity contribution in [2.45, 2.75) is 38.8 Å². The molecule has 1 aromatic rings. The third kappa shape index (κ3) is 7.57. The molecule has 1 heterocycles. The van der Waals surface area contributed by atoms with Crippen molar-refractivity contribution in [3.63, 3.8) is 0 Å². The molecule has 164 valence electrons. The number of carbonyl (C=O) groups excluding carboxylic acids is 4. The Balaban J connectivity index is 2.11.